The molecule has 164 valence electrons. The van der Waals surface area contributed by atoms with Crippen LogP contribution in [0, 0.1) is 0 Å². The van der Waals surface area contributed by atoms with Crippen LogP contribution < -0.4 is 20.9 Å². The van der Waals surface area contributed by atoms with Crippen LogP contribution in [0.25, 0.3) is 17.4 Å². The number of nitrogens with zero attached hydrogens (tertiary/aromatic N) is 1. The van der Waals surface area contributed by atoms with Gasteiger partial charge in [-0.3, -0.25) is 19.6 Å². The Bertz CT molecular complexity index is 1120. The third-order valence-corrected chi connectivity index (χ3v) is 4.33. The topological polar surface area (TPSA) is 143 Å². The van der Waals surface area contributed by atoms with Crippen molar-refractivity contribution in [2.75, 3.05) is 12.4 Å². The number of aromatic nitrogens is 1. The number of benzene rings is 2. The lowest BCUT2D eigenvalue weighted by Crippen LogP contribution is -2.34. The third kappa shape index (κ3) is 5.80. The van der Waals surface area contributed by atoms with Crippen molar-refractivity contribution < 1.29 is 28.7 Å². The van der Waals surface area contributed by atoms with E-state index in [4.69, 9.17) is 14.4 Å². The number of rotatable bonds is 7. The van der Waals surface area contributed by atoms with Gasteiger partial charge in [-0.05, 0) is 29.3 Å². The Morgan fingerprint density at radius 1 is 1.12 bits per heavy atom. The van der Waals surface area contributed by atoms with Crippen LogP contribution in [-0.2, 0) is 20.9 Å². The summed E-state index contributed by atoms with van der Waals surface area (Å²) in [6.45, 7) is 0.140. The van der Waals surface area contributed by atoms with Gasteiger partial charge in [-0.25, -0.2) is 10.5 Å². The first-order valence-corrected chi connectivity index (χ1v) is 9.37. The quantitative estimate of drug-likeness (QED) is 0.192. The molecule has 0 aliphatic heterocycles. The minimum atomic E-state index is -0.825. The number of carbonyl (C=O) groups is 3. The number of hydrogen-bond donors (Lipinski definition) is 4. The van der Waals surface area contributed by atoms with Gasteiger partial charge in [0.1, 0.15) is 5.75 Å². The second kappa shape index (κ2) is 10.5. The molecule has 0 spiro atoms. The van der Waals surface area contributed by atoms with E-state index in [0.29, 0.717) is 22.8 Å². The number of oxazole rings is 1. The van der Waals surface area contributed by atoms with Crippen LogP contribution in [0.15, 0.2) is 65.5 Å². The highest BCUT2D eigenvalue weighted by Crippen LogP contribution is 2.32. The SMILES string of the molecule is COc1cc(NC(=O)C(=O)NCc2ccc(/C=C/C(=O)NO)cc2)ccc1-c1cnco1. The maximum atomic E-state index is 12.2. The molecule has 0 radical (unpaired) electrons. The molecule has 3 amide bonds. The van der Waals surface area contributed by atoms with Crippen molar-refractivity contribution in [1.82, 2.24) is 15.8 Å². The number of methoxy groups -OCH3 is 1. The molecule has 0 bridgehead atoms. The Balaban J connectivity index is 1.55. The lowest BCUT2D eigenvalue weighted by molar-refractivity contribution is -0.136. The average molecular weight is 436 g/mol. The van der Waals surface area contributed by atoms with Gasteiger partial charge >= 0.3 is 11.8 Å². The van der Waals surface area contributed by atoms with Crippen molar-refractivity contribution in [3.8, 4) is 17.1 Å². The molecule has 1 aromatic heterocycles. The van der Waals surface area contributed by atoms with Gasteiger partial charge in [-0.2, -0.15) is 0 Å². The van der Waals surface area contributed by atoms with Crippen LogP contribution >= 0.6 is 0 Å². The smallest absolute Gasteiger partial charge is 0.313 e. The van der Waals surface area contributed by atoms with Crippen molar-refractivity contribution in [3.63, 3.8) is 0 Å². The molecule has 0 atom stereocenters. The monoisotopic (exact) mass is 436 g/mol. The van der Waals surface area contributed by atoms with Gasteiger partial charge in [0.05, 0.1) is 18.9 Å². The number of nitrogens with one attached hydrogen (secondary N) is 3. The highest BCUT2D eigenvalue weighted by atomic mass is 16.5. The van der Waals surface area contributed by atoms with Gasteiger partial charge in [-0.1, -0.05) is 24.3 Å². The lowest BCUT2D eigenvalue weighted by atomic mass is 10.1. The Kier molecular flexibility index (Phi) is 7.33. The van der Waals surface area contributed by atoms with E-state index in [1.54, 1.807) is 42.5 Å². The maximum absolute atomic E-state index is 12.2. The molecule has 0 unspecified atom stereocenters. The first-order valence-electron chi connectivity index (χ1n) is 9.37. The molecule has 3 rings (SSSR count). The highest BCUT2D eigenvalue weighted by molar-refractivity contribution is 6.39. The van der Waals surface area contributed by atoms with Crippen LogP contribution in [0.4, 0.5) is 5.69 Å². The van der Waals surface area contributed by atoms with Crippen molar-refractivity contribution >= 4 is 29.5 Å². The molecule has 2 aromatic carbocycles. The number of hydrogen-bond acceptors (Lipinski definition) is 7. The van der Waals surface area contributed by atoms with E-state index >= 15 is 0 Å². The van der Waals surface area contributed by atoms with E-state index in [9.17, 15) is 14.4 Å². The van der Waals surface area contributed by atoms with Crippen molar-refractivity contribution in [1.29, 1.82) is 0 Å². The second-order valence-electron chi connectivity index (χ2n) is 6.47. The summed E-state index contributed by atoms with van der Waals surface area (Å²) in [6.07, 6.45) is 5.53. The fraction of sp³-hybridized carbons (Fsp3) is 0.0909. The van der Waals surface area contributed by atoms with Crippen molar-refractivity contribution in [2.45, 2.75) is 6.54 Å². The molecule has 0 fully saturated rings. The summed E-state index contributed by atoms with van der Waals surface area (Å²) in [7, 11) is 1.48. The van der Waals surface area contributed by atoms with E-state index in [-0.39, 0.29) is 6.54 Å². The van der Waals surface area contributed by atoms with E-state index in [2.05, 4.69) is 15.6 Å². The fourth-order valence-corrected chi connectivity index (χ4v) is 2.73. The number of carbonyl (C=O) groups excluding carboxylic acids is 3. The van der Waals surface area contributed by atoms with E-state index in [0.717, 1.165) is 11.1 Å². The van der Waals surface area contributed by atoms with E-state index in [1.165, 1.54) is 37.3 Å². The molecular formula is C22H20N4O6. The molecule has 4 N–H and O–H groups in total. The molecule has 0 aliphatic rings. The summed E-state index contributed by atoms with van der Waals surface area (Å²) in [4.78, 5) is 39.2. The summed E-state index contributed by atoms with van der Waals surface area (Å²) in [6, 6.07) is 11.8. The van der Waals surface area contributed by atoms with Gasteiger partial charge in [0.2, 0.25) is 0 Å². The van der Waals surface area contributed by atoms with E-state index in [1.807, 2.05) is 0 Å². The summed E-state index contributed by atoms with van der Waals surface area (Å²) in [5.74, 6) is -1.31. The molecule has 1 heterocycles. The summed E-state index contributed by atoms with van der Waals surface area (Å²) in [5, 5.41) is 13.5. The van der Waals surface area contributed by atoms with Gasteiger partial charge in [0.15, 0.2) is 12.2 Å². The predicted octanol–water partition coefficient (Wildman–Crippen LogP) is 2.12. The summed E-state index contributed by atoms with van der Waals surface area (Å²) in [5.41, 5.74) is 4.02. The number of ether oxygens (including phenoxy) is 1. The van der Waals surface area contributed by atoms with E-state index < -0.39 is 17.7 Å². The summed E-state index contributed by atoms with van der Waals surface area (Å²) < 4.78 is 10.6. The number of amides is 3. The third-order valence-electron chi connectivity index (χ3n) is 4.33. The Hall–Kier alpha value is -4.44. The van der Waals surface area contributed by atoms with Crippen LogP contribution in [0.5, 0.6) is 5.75 Å². The molecule has 10 heteroatoms. The number of anilines is 1. The Labute approximate surface area is 182 Å². The van der Waals surface area contributed by atoms with Gasteiger partial charge in [0.25, 0.3) is 5.91 Å². The standard InChI is InChI=1S/C22H20N4O6/c1-31-18-10-16(7-8-17(18)19-12-23-13-32-19)25-22(29)21(28)24-11-15-4-2-14(3-5-15)6-9-20(27)26-30/h2-10,12-13,30H,11H2,1H3,(H,24,28)(H,25,29)(H,26,27)/b9-6+. The maximum Gasteiger partial charge on any atom is 0.313 e. The zero-order valence-corrected chi connectivity index (χ0v) is 17.0. The first-order chi connectivity index (χ1) is 15.5. The molecule has 0 saturated carbocycles. The van der Waals surface area contributed by atoms with Crippen LogP contribution in [0.1, 0.15) is 11.1 Å². The lowest BCUT2D eigenvalue weighted by Gasteiger charge is -2.10. The van der Waals surface area contributed by atoms with Crippen LogP contribution in [-0.4, -0.2) is 35.0 Å². The van der Waals surface area contributed by atoms with Gasteiger partial charge in [0, 0.05) is 24.4 Å². The van der Waals surface area contributed by atoms with Crippen molar-refractivity contribution in [3.05, 3.63) is 72.3 Å². The summed E-state index contributed by atoms with van der Waals surface area (Å²) >= 11 is 0. The minimum Gasteiger partial charge on any atom is -0.496 e. The molecular weight excluding hydrogens is 416 g/mol. The average Bonchev–Trinajstić information content (AvgIpc) is 3.36. The van der Waals surface area contributed by atoms with Crippen molar-refractivity contribution in [2.24, 2.45) is 0 Å². The number of hydroxylamine groups is 1. The second-order valence-corrected chi connectivity index (χ2v) is 6.47. The minimum absolute atomic E-state index is 0.140. The van der Waals surface area contributed by atoms with Gasteiger partial charge in [-0.15, -0.1) is 0 Å². The Morgan fingerprint density at radius 3 is 2.56 bits per heavy atom. The normalized spacial score (nSPS) is 10.6. The zero-order valence-electron chi connectivity index (χ0n) is 17.0. The largest absolute Gasteiger partial charge is 0.496 e. The molecule has 0 aliphatic carbocycles. The molecule has 32 heavy (non-hydrogen) atoms. The molecule has 0 saturated heterocycles. The first kappa shape index (κ1) is 22.2. The zero-order chi connectivity index (χ0) is 22.9. The van der Waals surface area contributed by atoms with Crippen LogP contribution in [0.3, 0.4) is 0 Å². The molecule has 10 nitrogen and oxygen atoms in total. The van der Waals surface area contributed by atoms with Gasteiger partial charge < -0.3 is 19.8 Å². The predicted molar refractivity (Wildman–Crippen MR) is 114 cm³/mol. The van der Waals surface area contributed by atoms with Crippen LogP contribution in [0.2, 0.25) is 0 Å². The Morgan fingerprint density at radius 2 is 1.91 bits per heavy atom. The molecule has 3 aromatic rings. The fourth-order valence-electron chi connectivity index (χ4n) is 2.73. The highest BCUT2D eigenvalue weighted by Gasteiger charge is 2.16.